The third-order valence-corrected chi connectivity index (χ3v) is 26.8. The van der Waals surface area contributed by atoms with Crippen molar-refractivity contribution in [3.05, 3.63) is 11.6 Å². The van der Waals surface area contributed by atoms with Gasteiger partial charge in [-0.05, 0) is 106 Å². The summed E-state index contributed by atoms with van der Waals surface area (Å²) in [7, 11) is 0. The number of aliphatic hydroxyl groups excluding tert-OH is 21. The number of carbonyl (C=O) groups excluding carboxylic acids is 1. The van der Waals surface area contributed by atoms with Crippen LogP contribution in [0.3, 0.4) is 0 Å². The summed E-state index contributed by atoms with van der Waals surface area (Å²) in [5, 5.41) is 235. The highest BCUT2D eigenvalue weighted by molar-refractivity contribution is 5.79. The molecule has 12 aliphatic rings. The van der Waals surface area contributed by atoms with E-state index in [2.05, 4.69) is 33.8 Å². The quantitative estimate of drug-likeness (QED) is 0.0365. The molecule has 12 rings (SSSR count). The Morgan fingerprint density at radius 2 is 0.915 bits per heavy atom. The summed E-state index contributed by atoms with van der Waals surface area (Å²) in [4.78, 5) is 15.8. The van der Waals surface area contributed by atoms with Gasteiger partial charge in [0.1, 0.15) is 134 Å². The number of carbonyl (C=O) groups is 1. The fourth-order valence-corrected chi connectivity index (χ4v) is 20.6. The molecule has 11 fully saturated rings. The maximum atomic E-state index is 15.8. The Morgan fingerprint density at radius 1 is 0.434 bits per heavy atom. The van der Waals surface area contributed by atoms with E-state index in [1.165, 1.54) is 20.8 Å². The van der Waals surface area contributed by atoms with Crippen molar-refractivity contribution in [2.45, 2.75) is 335 Å². The van der Waals surface area contributed by atoms with Crippen LogP contribution in [0.1, 0.15) is 114 Å². The SMILES string of the molecule is C[C@@H]1O[C@@H](O[C@@H]2[C@@H](O)[C@H](O[C@@H]3[C@@H](O[C@@H]4O[C@@H](C)[C@H](O)[C@@H](O)[C@H]4O)[C@@H](O)[C@H](O[C@H]4[C@H](OC(=O)[C@]56CCC(C)(C)CC5C5=CC[C@@H]7[C@@]8(C)C[C@H](O)[C@H](O[C@@H]9O[C@H](CO)[C@@H](O)[C@H](O[C@@H]%10O[C@H](CO)[C@@H](O)[C@H](O)[C@H]%10O)[C@H]9O)[C@@](C)(CO)C8C(O)C[C@@]7(C)[C@]5(C)CC6)OC[C@H](O)[C@@H]4O)O[C@H]3C)OC[C@H]2O)[C@H](O)[C@H](O)[C@H]1O. The van der Waals surface area contributed by atoms with Gasteiger partial charge in [-0.2, -0.15) is 0 Å². The molecule has 0 aromatic rings. The number of allylic oxidation sites excluding steroid dienone is 2. The molecule has 0 spiro atoms. The van der Waals surface area contributed by atoms with Crippen LogP contribution in [0.5, 0.6) is 0 Å². The number of fused-ring (bicyclic) bond motifs is 7. The Balaban J connectivity index is 0.781. The maximum absolute atomic E-state index is 15.8. The van der Waals surface area contributed by atoms with Crippen LogP contribution in [-0.2, 0) is 71.1 Å². The van der Waals surface area contributed by atoms with Crippen LogP contribution in [0.2, 0.25) is 0 Å². The van der Waals surface area contributed by atoms with Crippen LogP contribution >= 0.6 is 0 Å². The molecule has 7 heterocycles. The third-order valence-electron chi connectivity index (χ3n) is 26.8. The number of ether oxygens (including phenoxy) is 14. The molecule has 0 radical (unpaired) electrons. The molecule has 4 saturated carbocycles. The summed E-state index contributed by atoms with van der Waals surface area (Å²) < 4.78 is 84.2. The minimum Gasteiger partial charge on any atom is -0.432 e. The van der Waals surface area contributed by atoms with E-state index in [0.717, 1.165) is 5.57 Å². The molecule has 36 nitrogen and oxygen atoms in total. The monoisotopic (exact) mass is 1530 g/mol. The molecule has 0 aromatic heterocycles. The highest BCUT2D eigenvalue weighted by Gasteiger charge is 2.74. The number of aliphatic hydroxyl groups is 21. The first-order chi connectivity index (χ1) is 49.7. The summed E-state index contributed by atoms with van der Waals surface area (Å²) in [6.07, 6.45) is -56.5. The van der Waals surface area contributed by atoms with Gasteiger partial charge in [-0.3, -0.25) is 4.79 Å². The van der Waals surface area contributed by atoms with E-state index in [1.807, 2.05) is 6.92 Å². The average Bonchev–Trinajstić information content (AvgIpc) is 0.668. The van der Waals surface area contributed by atoms with E-state index in [9.17, 15) is 107 Å². The average molecular weight is 1530 g/mol. The van der Waals surface area contributed by atoms with E-state index in [0.29, 0.717) is 32.1 Å². The molecule has 0 aromatic carbocycles. The minimum atomic E-state index is -2.10. The zero-order valence-corrected chi connectivity index (χ0v) is 60.8. The van der Waals surface area contributed by atoms with Crippen molar-refractivity contribution in [2.24, 2.45) is 50.2 Å². The van der Waals surface area contributed by atoms with E-state index in [1.54, 1.807) is 6.92 Å². The van der Waals surface area contributed by atoms with Gasteiger partial charge in [0.25, 0.3) is 0 Å². The first-order valence-electron chi connectivity index (χ1n) is 37.1. The smallest absolute Gasteiger partial charge is 0.315 e. The number of rotatable bonds is 17. The van der Waals surface area contributed by atoms with Gasteiger partial charge in [-0.1, -0.05) is 53.2 Å². The van der Waals surface area contributed by atoms with E-state index in [4.69, 9.17) is 66.3 Å². The molecule has 44 atom stereocenters. The van der Waals surface area contributed by atoms with Crippen molar-refractivity contribution in [1.82, 2.24) is 0 Å². The van der Waals surface area contributed by atoms with Crippen molar-refractivity contribution in [3.8, 4) is 0 Å². The highest BCUT2D eigenvalue weighted by Crippen LogP contribution is 2.76. The summed E-state index contributed by atoms with van der Waals surface area (Å²) in [5.74, 6) is -2.37. The van der Waals surface area contributed by atoms with Crippen LogP contribution < -0.4 is 0 Å². The Labute approximate surface area is 612 Å². The summed E-state index contributed by atoms with van der Waals surface area (Å²) in [5.41, 5.74) is -4.69. The topological polar surface area (TPSA) is 571 Å². The number of hydrogen-bond acceptors (Lipinski definition) is 36. The zero-order chi connectivity index (χ0) is 77.5. The van der Waals surface area contributed by atoms with E-state index >= 15 is 4.79 Å². The van der Waals surface area contributed by atoms with E-state index in [-0.39, 0.29) is 30.6 Å². The van der Waals surface area contributed by atoms with Crippen LogP contribution in [0.4, 0.5) is 0 Å². The normalized spacial score (nSPS) is 56.2. The Morgan fingerprint density at radius 3 is 1.52 bits per heavy atom. The van der Waals surface area contributed by atoms with Gasteiger partial charge >= 0.3 is 5.97 Å². The molecule has 7 aliphatic heterocycles. The van der Waals surface area contributed by atoms with Gasteiger partial charge in [0, 0.05) is 11.3 Å². The molecular weight excluding hydrogens is 1420 g/mol. The lowest BCUT2D eigenvalue weighted by atomic mass is 9.33. The Hall–Kier alpha value is -2.15. The first kappa shape index (κ1) is 83.3. The second kappa shape index (κ2) is 31.2. The standard InChI is InChI=1S/C70H114O36/c1-24-36(78)41(83)44(86)58(95-24)101-51-32(77)22-93-57(47(51)89)100-50-26(3)97-61(49(91)53(50)103-59-45(87)42(84)37(79)25(2)96-59)104-54-38(80)31(76)21-94-63(54)106-64(92)70-14-12-65(4,5)16-28(70)27-10-11-35-66(6)17-30(75)56(67(7,23-73)55(66)29(74)18-69(35,9)68(27,8)13-15-70)105-62-48(90)52(40(82)34(20-72)99-62)102-60-46(88)43(85)39(81)33(19-71)98-60/h10,24-26,28-63,71-91H,11-23H2,1-9H3/t24-,25-,26-,28?,29?,30-,31-,32+,33+,34+,35+,36-,37-,38-,39+,40+,41+,42+,43-,44+,45+,46+,47+,48+,49+,50-,51-,52-,53-,54+,55?,56-,57-,58-,59-,60-,61-,62-,63-,66+,67-,68+,69+,70-/m0/s1. The van der Waals surface area contributed by atoms with Gasteiger partial charge in [0.05, 0.1) is 75.1 Å². The molecule has 21 N–H and O–H groups in total. The maximum Gasteiger partial charge on any atom is 0.315 e. The largest absolute Gasteiger partial charge is 0.432 e. The molecule has 0 bridgehead atoms. The van der Waals surface area contributed by atoms with Crippen molar-refractivity contribution in [3.63, 3.8) is 0 Å². The third kappa shape index (κ3) is 14.2. The molecule has 610 valence electrons. The molecule has 0 amide bonds. The first-order valence-corrected chi connectivity index (χ1v) is 37.1. The van der Waals surface area contributed by atoms with Crippen LogP contribution in [0, 0.1) is 50.2 Å². The Bertz CT molecular complexity index is 3030. The molecule has 3 unspecified atom stereocenters. The lowest BCUT2D eigenvalue weighted by molar-refractivity contribution is -0.395. The highest BCUT2D eigenvalue weighted by atomic mass is 16.8. The lowest BCUT2D eigenvalue weighted by Gasteiger charge is -2.72. The predicted molar refractivity (Wildman–Crippen MR) is 349 cm³/mol. The fraction of sp³-hybridized carbons (Fsp3) is 0.957. The summed E-state index contributed by atoms with van der Waals surface area (Å²) in [6, 6.07) is 0. The second-order valence-corrected chi connectivity index (χ2v) is 33.9. The minimum absolute atomic E-state index is 0.0189. The van der Waals surface area contributed by atoms with Crippen molar-refractivity contribution in [1.29, 1.82) is 0 Å². The lowest BCUT2D eigenvalue weighted by Crippen LogP contribution is -2.72. The van der Waals surface area contributed by atoms with Crippen LogP contribution in [0.25, 0.3) is 0 Å². The van der Waals surface area contributed by atoms with Gasteiger partial charge in [-0.15, -0.1) is 0 Å². The van der Waals surface area contributed by atoms with Gasteiger partial charge in [0.2, 0.25) is 6.29 Å². The molecular formula is C70H114O36. The molecule has 5 aliphatic carbocycles. The predicted octanol–water partition coefficient (Wildman–Crippen LogP) is -7.29. The summed E-state index contributed by atoms with van der Waals surface area (Å²) in [6.45, 7) is 12.8. The van der Waals surface area contributed by atoms with Gasteiger partial charge in [-0.25, -0.2) is 0 Å². The van der Waals surface area contributed by atoms with Crippen molar-refractivity contribution >= 4 is 5.97 Å². The molecule has 7 saturated heterocycles. The van der Waals surface area contributed by atoms with Crippen LogP contribution in [-0.4, -0.2) is 367 Å². The fourth-order valence-electron chi connectivity index (χ4n) is 20.6. The van der Waals surface area contributed by atoms with Gasteiger partial charge < -0.3 is 174 Å². The molecule has 106 heavy (non-hydrogen) atoms. The van der Waals surface area contributed by atoms with Gasteiger partial charge in [0.15, 0.2) is 43.8 Å². The summed E-state index contributed by atoms with van der Waals surface area (Å²) >= 11 is 0. The molecule has 36 heteroatoms. The Kier molecular flexibility index (Phi) is 24.5. The van der Waals surface area contributed by atoms with Crippen molar-refractivity contribution < 1.29 is 178 Å². The van der Waals surface area contributed by atoms with Crippen molar-refractivity contribution in [2.75, 3.05) is 33.0 Å². The second-order valence-electron chi connectivity index (χ2n) is 33.9. The van der Waals surface area contributed by atoms with E-state index < -0.39 is 299 Å². The van der Waals surface area contributed by atoms with Crippen LogP contribution in [0.15, 0.2) is 11.6 Å². The number of hydrogen-bond donors (Lipinski definition) is 21. The zero-order valence-electron chi connectivity index (χ0n) is 60.8. The number of esters is 1.